The monoisotopic (exact) mass is 88.0 g/mol. The van der Waals surface area contributed by atoms with E-state index in [1.165, 1.54) is 0 Å². The summed E-state index contributed by atoms with van der Waals surface area (Å²) in [5.41, 5.74) is 0. The number of thiol groups is 1. The van der Waals surface area contributed by atoms with Crippen LogP contribution in [0.5, 0.6) is 0 Å². The fourth-order valence-corrected chi connectivity index (χ4v) is 0. The van der Waals surface area contributed by atoms with E-state index in [1.807, 2.05) is 0 Å². The first-order chi connectivity index (χ1) is 2.27. The molecule has 3 heteroatoms. The lowest BCUT2D eigenvalue weighted by molar-refractivity contribution is 0.364. The summed E-state index contributed by atoms with van der Waals surface area (Å²) in [6, 6.07) is -0.252. The van der Waals surface area contributed by atoms with Crippen molar-refractivity contribution in [3.8, 4) is 0 Å². The lowest BCUT2D eigenvalue weighted by Gasteiger charge is -1.93. The normalized spacial score (nSPS) is 14.8. The first-order valence-corrected chi connectivity index (χ1v) is 1.69. The predicted molar refractivity (Wildman–Crippen MR) is 25.3 cm³/mol. The standard InChI is InChI=1S/C2H5BOS/c1-2(3)4-5/h2,5H,1H3. The molecule has 0 bridgehead atoms. The van der Waals surface area contributed by atoms with Crippen molar-refractivity contribution in [2.45, 2.75) is 12.9 Å². The van der Waals surface area contributed by atoms with Crippen LogP contribution in [0.15, 0.2) is 0 Å². The maximum atomic E-state index is 4.99. The van der Waals surface area contributed by atoms with Crippen LogP contribution in [0.1, 0.15) is 6.92 Å². The van der Waals surface area contributed by atoms with Crippen LogP contribution in [0.4, 0.5) is 0 Å². The summed E-state index contributed by atoms with van der Waals surface area (Å²) in [6.45, 7) is 1.70. The molecule has 0 rings (SSSR count). The van der Waals surface area contributed by atoms with Gasteiger partial charge in [0, 0.05) is 6.00 Å². The van der Waals surface area contributed by atoms with Gasteiger partial charge in [0.2, 0.25) is 0 Å². The Hall–Kier alpha value is 0.375. The Labute approximate surface area is 38.7 Å². The van der Waals surface area contributed by atoms with E-state index in [4.69, 9.17) is 7.85 Å². The summed E-state index contributed by atoms with van der Waals surface area (Å²) >= 11 is 3.39. The molecular formula is C2H5BOS. The molecule has 0 aromatic heterocycles. The van der Waals surface area contributed by atoms with Crippen LogP contribution in [0.25, 0.3) is 0 Å². The van der Waals surface area contributed by atoms with E-state index in [0.717, 1.165) is 0 Å². The second-order valence-electron chi connectivity index (χ2n) is 0.811. The van der Waals surface area contributed by atoms with Crippen molar-refractivity contribution in [1.82, 2.24) is 0 Å². The molecule has 0 amide bonds. The summed E-state index contributed by atoms with van der Waals surface area (Å²) in [5.74, 6) is 0. The Morgan fingerprint density at radius 1 is 2.00 bits per heavy atom. The van der Waals surface area contributed by atoms with Crippen molar-refractivity contribution < 1.29 is 4.18 Å². The molecule has 0 fully saturated rings. The molecule has 2 radical (unpaired) electrons. The molecule has 0 aliphatic heterocycles. The van der Waals surface area contributed by atoms with E-state index in [0.29, 0.717) is 0 Å². The Balaban J connectivity index is 2.54. The van der Waals surface area contributed by atoms with Crippen LogP contribution in [-0.2, 0) is 4.18 Å². The quantitative estimate of drug-likeness (QED) is 0.276. The molecule has 0 aliphatic carbocycles. The summed E-state index contributed by atoms with van der Waals surface area (Å²) in [7, 11) is 4.99. The fraction of sp³-hybridized carbons (Fsp3) is 1.00. The van der Waals surface area contributed by atoms with Gasteiger partial charge in [-0.05, 0) is 19.8 Å². The fourth-order valence-electron chi connectivity index (χ4n) is 0. The molecule has 0 aromatic rings. The highest BCUT2D eigenvalue weighted by Crippen LogP contribution is 1.82. The zero-order valence-corrected chi connectivity index (χ0v) is 3.90. The molecule has 28 valence electrons. The first kappa shape index (κ1) is 5.37. The molecule has 0 spiro atoms. The topological polar surface area (TPSA) is 9.23 Å². The Morgan fingerprint density at radius 2 is 2.20 bits per heavy atom. The molecule has 1 nitrogen and oxygen atoms in total. The van der Waals surface area contributed by atoms with Gasteiger partial charge < -0.3 is 4.18 Å². The Kier molecular flexibility index (Phi) is 2.80. The van der Waals surface area contributed by atoms with Gasteiger partial charge in [-0.1, -0.05) is 0 Å². The van der Waals surface area contributed by atoms with Gasteiger partial charge in [-0.15, -0.1) is 0 Å². The average Bonchev–Trinajstić information content (AvgIpc) is 1.38. The van der Waals surface area contributed by atoms with E-state index in [2.05, 4.69) is 17.1 Å². The second kappa shape index (κ2) is 2.60. The van der Waals surface area contributed by atoms with Gasteiger partial charge in [-0.3, -0.25) is 0 Å². The SMILES string of the molecule is [B]C(C)OS. The molecule has 0 aliphatic rings. The molecule has 1 atom stereocenters. The first-order valence-electron chi connectivity index (χ1n) is 1.33. The van der Waals surface area contributed by atoms with E-state index in [1.54, 1.807) is 6.92 Å². The van der Waals surface area contributed by atoms with Crippen molar-refractivity contribution >= 4 is 20.8 Å². The third kappa shape index (κ3) is 4.37. The molecule has 5 heavy (non-hydrogen) atoms. The number of hydrogen-bond acceptors (Lipinski definition) is 2. The third-order valence-electron chi connectivity index (χ3n) is 0.166. The summed E-state index contributed by atoms with van der Waals surface area (Å²) in [4.78, 5) is 0. The van der Waals surface area contributed by atoms with Crippen molar-refractivity contribution in [2.24, 2.45) is 0 Å². The lowest BCUT2D eigenvalue weighted by Crippen LogP contribution is -1.97. The maximum Gasteiger partial charge on any atom is 0.110 e. The molecular weight excluding hydrogens is 82.9 g/mol. The Bertz CT molecular complexity index is 23.6. The molecule has 0 aromatic carbocycles. The van der Waals surface area contributed by atoms with Gasteiger partial charge in [0.15, 0.2) is 0 Å². The van der Waals surface area contributed by atoms with Crippen molar-refractivity contribution in [2.75, 3.05) is 0 Å². The van der Waals surface area contributed by atoms with Gasteiger partial charge in [-0.25, -0.2) is 0 Å². The van der Waals surface area contributed by atoms with Crippen LogP contribution in [0.3, 0.4) is 0 Å². The Morgan fingerprint density at radius 3 is 2.20 bits per heavy atom. The summed E-state index contributed by atoms with van der Waals surface area (Å²) < 4.78 is 4.22. The minimum absolute atomic E-state index is 0.252. The molecule has 1 unspecified atom stereocenters. The van der Waals surface area contributed by atoms with Crippen LogP contribution >= 0.6 is 12.9 Å². The third-order valence-corrected chi connectivity index (χ3v) is 0.499. The second-order valence-corrected chi connectivity index (χ2v) is 1.02. The molecule has 0 heterocycles. The average molecular weight is 87.9 g/mol. The zero-order valence-electron chi connectivity index (χ0n) is 3.01. The van der Waals surface area contributed by atoms with Gasteiger partial charge in [0.25, 0.3) is 0 Å². The van der Waals surface area contributed by atoms with Gasteiger partial charge >= 0.3 is 0 Å². The van der Waals surface area contributed by atoms with Crippen molar-refractivity contribution in [3.63, 3.8) is 0 Å². The summed E-state index contributed by atoms with van der Waals surface area (Å²) in [6.07, 6.45) is 0. The zero-order chi connectivity index (χ0) is 4.28. The minimum atomic E-state index is -0.252. The number of hydrogen-bond donors (Lipinski definition) is 1. The van der Waals surface area contributed by atoms with Crippen LogP contribution in [0, 0.1) is 0 Å². The summed E-state index contributed by atoms with van der Waals surface area (Å²) in [5, 5.41) is 0. The minimum Gasteiger partial charge on any atom is -0.325 e. The van der Waals surface area contributed by atoms with Crippen molar-refractivity contribution in [1.29, 1.82) is 0 Å². The molecule has 0 saturated heterocycles. The highest BCUT2D eigenvalue weighted by atomic mass is 32.1. The van der Waals surface area contributed by atoms with Crippen LogP contribution in [0.2, 0.25) is 0 Å². The van der Waals surface area contributed by atoms with E-state index >= 15 is 0 Å². The molecule has 0 saturated carbocycles. The van der Waals surface area contributed by atoms with Gasteiger partial charge in [0.05, 0.1) is 0 Å². The van der Waals surface area contributed by atoms with Crippen LogP contribution < -0.4 is 0 Å². The highest BCUT2D eigenvalue weighted by molar-refractivity contribution is 7.75. The van der Waals surface area contributed by atoms with Gasteiger partial charge in [0.1, 0.15) is 7.85 Å². The number of rotatable bonds is 1. The van der Waals surface area contributed by atoms with E-state index < -0.39 is 0 Å². The molecule has 0 N–H and O–H groups in total. The maximum absolute atomic E-state index is 4.99. The van der Waals surface area contributed by atoms with Crippen LogP contribution in [-0.4, -0.2) is 13.8 Å². The highest BCUT2D eigenvalue weighted by Gasteiger charge is 1.80. The largest absolute Gasteiger partial charge is 0.325 e. The lowest BCUT2D eigenvalue weighted by atomic mass is 10.0. The van der Waals surface area contributed by atoms with E-state index in [-0.39, 0.29) is 6.00 Å². The van der Waals surface area contributed by atoms with E-state index in [9.17, 15) is 0 Å². The van der Waals surface area contributed by atoms with Gasteiger partial charge in [-0.2, -0.15) is 0 Å². The smallest absolute Gasteiger partial charge is 0.110 e. The van der Waals surface area contributed by atoms with Crippen molar-refractivity contribution in [3.05, 3.63) is 0 Å². The predicted octanol–water partition coefficient (Wildman–Crippen LogP) is 0.362.